The minimum atomic E-state index is -0.346. The van der Waals surface area contributed by atoms with Crippen LogP contribution in [-0.2, 0) is 21.8 Å². The molecule has 7 heteroatoms. The summed E-state index contributed by atoms with van der Waals surface area (Å²) in [6.45, 7) is 7.59. The summed E-state index contributed by atoms with van der Waals surface area (Å²) in [6.07, 6.45) is 1.05. The molecule has 0 atom stereocenters. The second-order valence-corrected chi connectivity index (χ2v) is 8.24. The first-order valence-corrected chi connectivity index (χ1v) is 11.4. The third-order valence-electron chi connectivity index (χ3n) is 4.70. The van der Waals surface area contributed by atoms with Gasteiger partial charge in [-0.1, -0.05) is 30.0 Å². The summed E-state index contributed by atoms with van der Waals surface area (Å²) in [4.78, 5) is 16.9. The second-order valence-electron chi connectivity index (χ2n) is 7.30. The van der Waals surface area contributed by atoms with Gasteiger partial charge < -0.3 is 14.0 Å². The number of carbonyl (C=O) groups excluding carboxylic acids is 1. The normalized spacial score (nSPS) is 11.1. The summed E-state index contributed by atoms with van der Waals surface area (Å²) in [7, 11) is 0. The van der Waals surface area contributed by atoms with E-state index >= 15 is 0 Å². The summed E-state index contributed by atoms with van der Waals surface area (Å²) in [6, 6.07) is 15.3. The Balaban J connectivity index is 1.88. The molecule has 1 aromatic heterocycles. The van der Waals surface area contributed by atoms with E-state index in [2.05, 4.69) is 10.6 Å². The number of hydrogen-bond acceptors (Lipinski definition) is 6. The number of benzene rings is 2. The smallest absolute Gasteiger partial charge is 0.338 e. The summed E-state index contributed by atoms with van der Waals surface area (Å²) >= 11 is 1.59. The van der Waals surface area contributed by atoms with Crippen molar-refractivity contribution in [2.45, 2.75) is 50.8 Å². The Labute approximate surface area is 187 Å². The molecule has 162 valence electrons. The fraction of sp³-hybridized carbons (Fsp3) is 0.375. The molecule has 0 aliphatic carbocycles. The maximum atomic E-state index is 12.1. The molecule has 0 fully saturated rings. The van der Waals surface area contributed by atoms with Gasteiger partial charge in [-0.2, -0.15) is 5.26 Å². The number of nitrogens with zero attached hydrogens (tertiary/aromatic N) is 3. The van der Waals surface area contributed by atoms with E-state index < -0.39 is 0 Å². The lowest BCUT2D eigenvalue weighted by Gasteiger charge is -2.11. The van der Waals surface area contributed by atoms with E-state index in [0.717, 1.165) is 34.7 Å². The van der Waals surface area contributed by atoms with Crippen LogP contribution in [0.15, 0.2) is 47.6 Å². The lowest BCUT2D eigenvalue weighted by atomic mass is 10.1. The molecule has 0 N–H and O–H groups in total. The molecular weight excluding hydrogens is 410 g/mol. The number of aromatic nitrogens is 2. The zero-order valence-electron chi connectivity index (χ0n) is 18.1. The van der Waals surface area contributed by atoms with E-state index in [1.54, 1.807) is 30.8 Å². The number of fused-ring (bicyclic) bond motifs is 1. The number of aryl methyl sites for hydroxylation is 1. The zero-order chi connectivity index (χ0) is 22.2. The lowest BCUT2D eigenvalue weighted by molar-refractivity contribution is 0.0526. The lowest BCUT2D eigenvalue weighted by Crippen LogP contribution is -2.08. The summed E-state index contributed by atoms with van der Waals surface area (Å²) in [5.74, 6) is 0.293. The number of esters is 1. The van der Waals surface area contributed by atoms with Gasteiger partial charge in [0.1, 0.15) is 0 Å². The van der Waals surface area contributed by atoms with Crippen molar-refractivity contribution in [1.29, 1.82) is 5.26 Å². The molecule has 2 aromatic carbocycles. The number of imidazole rings is 1. The van der Waals surface area contributed by atoms with Crippen molar-refractivity contribution in [2.24, 2.45) is 0 Å². The Bertz CT molecular complexity index is 1090. The summed E-state index contributed by atoms with van der Waals surface area (Å²) in [5.41, 5.74) is 3.87. The average molecular weight is 438 g/mol. The quantitative estimate of drug-likeness (QED) is 0.247. The molecule has 0 radical (unpaired) electrons. The molecule has 3 rings (SSSR count). The SMILES string of the molecule is CCOC(=O)c1ccc2c(c1)nc(SCc1ccccc1C#N)n2CCCOC(C)C. The van der Waals surface area contributed by atoms with E-state index in [1.165, 1.54) is 0 Å². The Morgan fingerprint density at radius 1 is 1.26 bits per heavy atom. The predicted octanol–water partition coefficient (Wildman–Crippen LogP) is 5.19. The van der Waals surface area contributed by atoms with Crippen LogP contribution >= 0.6 is 11.8 Å². The largest absolute Gasteiger partial charge is 0.462 e. The first-order chi connectivity index (χ1) is 15.0. The fourth-order valence-electron chi connectivity index (χ4n) is 3.21. The van der Waals surface area contributed by atoms with Crippen LogP contribution in [0.4, 0.5) is 0 Å². The molecular formula is C24H27N3O3S. The number of rotatable bonds is 10. The highest BCUT2D eigenvalue weighted by molar-refractivity contribution is 7.98. The zero-order valence-corrected chi connectivity index (χ0v) is 18.9. The van der Waals surface area contributed by atoms with E-state index in [1.807, 2.05) is 44.2 Å². The number of thioether (sulfide) groups is 1. The van der Waals surface area contributed by atoms with Crippen LogP contribution in [0.2, 0.25) is 0 Å². The van der Waals surface area contributed by atoms with Crippen LogP contribution in [0.3, 0.4) is 0 Å². The number of carbonyl (C=O) groups is 1. The molecule has 1 heterocycles. The van der Waals surface area contributed by atoms with Crippen LogP contribution in [0.5, 0.6) is 0 Å². The van der Waals surface area contributed by atoms with Gasteiger partial charge in [-0.15, -0.1) is 0 Å². The van der Waals surface area contributed by atoms with Crippen LogP contribution in [0.25, 0.3) is 11.0 Å². The molecule has 0 aliphatic rings. The summed E-state index contributed by atoms with van der Waals surface area (Å²) < 4.78 is 13.0. The van der Waals surface area contributed by atoms with Gasteiger partial charge in [0.25, 0.3) is 0 Å². The maximum Gasteiger partial charge on any atom is 0.338 e. The minimum Gasteiger partial charge on any atom is -0.462 e. The molecule has 0 unspecified atom stereocenters. The van der Waals surface area contributed by atoms with E-state index in [9.17, 15) is 10.1 Å². The van der Waals surface area contributed by atoms with Crippen LogP contribution in [0, 0.1) is 11.3 Å². The first-order valence-electron chi connectivity index (χ1n) is 10.4. The predicted molar refractivity (Wildman–Crippen MR) is 122 cm³/mol. The molecule has 0 saturated carbocycles. The van der Waals surface area contributed by atoms with Gasteiger partial charge >= 0.3 is 5.97 Å². The molecule has 0 amide bonds. The Kier molecular flexibility index (Phi) is 8.10. The fourth-order valence-corrected chi connectivity index (χ4v) is 4.26. The number of ether oxygens (including phenoxy) is 2. The van der Waals surface area contributed by atoms with E-state index in [4.69, 9.17) is 14.5 Å². The first kappa shape index (κ1) is 22.9. The topological polar surface area (TPSA) is 77.1 Å². The van der Waals surface area contributed by atoms with Gasteiger partial charge in [-0.05, 0) is 57.0 Å². The molecule has 0 saturated heterocycles. The Morgan fingerprint density at radius 3 is 2.81 bits per heavy atom. The van der Waals surface area contributed by atoms with Gasteiger partial charge in [-0.25, -0.2) is 9.78 Å². The molecule has 0 bridgehead atoms. The van der Waals surface area contributed by atoms with Crippen LogP contribution in [-0.4, -0.2) is 34.8 Å². The van der Waals surface area contributed by atoms with Gasteiger partial charge in [0, 0.05) is 18.9 Å². The van der Waals surface area contributed by atoms with Gasteiger partial charge in [-0.3, -0.25) is 0 Å². The summed E-state index contributed by atoms with van der Waals surface area (Å²) in [5, 5.41) is 10.2. The highest BCUT2D eigenvalue weighted by Crippen LogP contribution is 2.29. The third kappa shape index (κ3) is 5.87. The third-order valence-corrected chi connectivity index (χ3v) is 5.72. The molecule has 6 nitrogen and oxygen atoms in total. The van der Waals surface area contributed by atoms with Crippen molar-refractivity contribution < 1.29 is 14.3 Å². The van der Waals surface area contributed by atoms with Crippen molar-refractivity contribution in [3.63, 3.8) is 0 Å². The molecule has 0 spiro atoms. The second kappa shape index (κ2) is 11.0. The van der Waals surface area contributed by atoms with E-state index in [0.29, 0.717) is 30.1 Å². The van der Waals surface area contributed by atoms with Gasteiger partial charge in [0.05, 0.1) is 40.9 Å². The highest BCUT2D eigenvalue weighted by atomic mass is 32.2. The molecule has 31 heavy (non-hydrogen) atoms. The highest BCUT2D eigenvalue weighted by Gasteiger charge is 2.15. The van der Waals surface area contributed by atoms with Gasteiger partial charge in [0.15, 0.2) is 5.16 Å². The van der Waals surface area contributed by atoms with Crippen LogP contribution < -0.4 is 0 Å². The molecule has 3 aromatic rings. The standard InChI is InChI=1S/C24H27N3O3S/c1-4-29-23(28)18-10-11-22-21(14-18)26-24(27(22)12-7-13-30-17(2)3)31-16-20-9-6-5-8-19(20)15-25/h5-6,8-11,14,17H,4,7,12-13,16H2,1-3H3. The Hall–Kier alpha value is -2.82. The van der Waals surface area contributed by atoms with Crippen molar-refractivity contribution in [2.75, 3.05) is 13.2 Å². The molecule has 0 aliphatic heterocycles. The number of nitriles is 1. The maximum absolute atomic E-state index is 12.1. The number of hydrogen-bond donors (Lipinski definition) is 0. The van der Waals surface area contributed by atoms with Crippen LogP contribution in [0.1, 0.15) is 48.7 Å². The minimum absolute atomic E-state index is 0.197. The van der Waals surface area contributed by atoms with E-state index in [-0.39, 0.29) is 12.1 Å². The average Bonchev–Trinajstić information content (AvgIpc) is 3.12. The monoisotopic (exact) mass is 437 g/mol. The van der Waals surface area contributed by atoms with Crippen molar-refractivity contribution in [3.8, 4) is 6.07 Å². The van der Waals surface area contributed by atoms with Gasteiger partial charge in [0.2, 0.25) is 0 Å². The van der Waals surface area contributed by atoms with Crippen molar-refractivity contribution >= 4 is 28.8 Å². The Morgan fingerprint density at radius 2 is 2.06 bits per heavy atom. The van der Waals surface area contributed by atoms with Crippen molar-refractivity contribution in [1.82, 2.24) is 9.55 Å². The van der Waals surface area contributed by atoms with Crippen molar-refractivity contribution in [3.05, 3.63) is 59.2 Å².